The molecule has 1 fully saturated rings. The molecule has 0 radical (unpaired) electrons. The van der Waals surface area contributed by atoms with Gasteiger partial charge in [-0.25, -0.2) is 13.8 Å². The number of rotatable bonds is 10. The first kappa shape index (κ1) is 28.5. The third kappa shape index (κ3) is 7.99. The van der Waals surface area contributed by atoms with E-state index in [2.05, 4.69) is 15.8 Å². The maximum atomic E-state index is 13.5. The lowest BCUT2D eigenvalue weighted by Gasteiger charge is -2.21. The molecule has 39 heavy (non-hydrogen) atoms. The van der Waals surface area contributed by atoms with Gasteiger partial charge in [0.15, 0.2) is 0 Å². The van der Waals surface area contributed by atoms with E-state index in [4.69, 9.17) is 20.8 Å². The van der Waals surface area contributed by atoms with Crippen LogP contribution in [0.4, 0.5) is 0 Å². The third-order valence-electron chi connectivity index (χ3n) is 6.02. The zero-order valence-corrected chi connectivity index (χ0v) is 22.9. The first-order valence-corrected chi connectivity index (χ1v) is 14.2. The average molecular weight is 573 g/mol. The van der Waals surface area contributed by atoms with Crippen molar-refractivity contribution in [2.24, 2.45) is 5.10 Å². The van der Waals surface area contributed by atoms with Crippen molar-refractivity contribution in [1.29, 1.82) is 0 Å². The van der Waals surface area contributed by atoms with Crippen LogP contribution in [0.25, 0.3) is 0 Å². The molecule has 0 saturated carbocycles. The largest absolute Gasteiger partial charge is 0.459 e. The van der Waals surface area contributed by atoms with Gasteiger partial charge in [-0.3, -0.25) is 9.59 Å². The Morgan fingerprint density at radius 2 is 1.79 bits per heavy atom. The van der Waals surface area contributed by atoms with Crippen molar-refractivity contribution >= 4 is 39.7 Å². The summed E-state index contributed by atoms with van der Waals surface area (Å²) in [5.74, 6) is -1.11. The molecule has 1 atom stereocenters. The van der Waals surface area contributed by atoms with E-state index in [1.807, 2.05) is 31.2 Å². The average Bonchev–Trinajstić information content (AvgIpc) is 3.60. The first-order chi connectivity index (χ1) is 18.7. The highest BCUT2D eigenvalue weighted by atomic mass is 35.5. The van der Waals surface area contributed by atoms with E-state index >= 15 is 0 Å². The number of hydrazone groups is 1. The van der Waals surface area contributed by atoms with E-state index in [9.17, 15) is 18.0 Å². The Hall–Kier alpha value is -3.51. The molecule has 0 aliphatic carbocycles. The van der Waals surface area contributed by atoms with Crippen molar-refractivity contribution in [2.75, 3.05) is 13.2 Å². The van der Waals surface area contributed by atoms with E-state index in [1.54, 1.807) is 12.1 Å². The number of hydrogen-bond acceptors (Lipinski definition) is 7. The topological polar surface area (TPSA) is 130 Å². The van der Waals surface area contributed by atoms with Gasteiger partial charge in [0.25, 0.3) is 0 Å². The van der Waals surface area contributed by atoms with Crippen LogP contribution < -0.4 is 10.7 Å². The molecule has 1 aromatic heterocycles. The fourth-order valence-corrected chi connectivity index (χ4v) is 5.42. The number of benzene rings is 2. The van der Waals surface area contributed by atoms with Gasteiger partial charge in [-0.05, 0) is 61.7 Å². The molecule has 2 amide bonds. The van der Waals surface area contributed by atoms with Crippen LogP contribution in [0.5, 0.6) is 0 Å². The van der Waals surface area contributed by atoms with Crippen molar-refractivity contribution in [3.63, 3.8) is 0 Å². The molecular formula is C27H29ClN4O6S. The lowest BCUT2D eigenvalue weighted by Crippen LogP contribution is -2.41. The molecule has 1 aliphatic rings. The Morgan fingerprint density at radius 1 is 1.05 bits per heavy atom. The number of hydrogen-bond donors (Lipinski definition) is 2. The zero-order chi connectivity index (χ0) is 27.8. The molecule has 206 valence electrons. The Balaban J connectivity index is 1.41. The summed E-state index contributed by atoms with van der Waals surface area (Å²) in [6, 6.07) is 16.8. The number of carbonyl (C=O) groups is 2. The monoisotopic (exact) mass is 572 g/mol. The summed E-state index contributed by atoms with van der Waals surface area (Å²) in [5, 5.41) is 6.70. The Labute approximate surface area is 232 Å². The number of furan rings is 1. The maximum Gasteiger partial charge on any atom is 0.329 e. The molecule has 4 rings (SSSR count). The molecule has 1 aliphatic heterocycles. The molecule has 1 saturated heterocycles. The minimum absolute atomic E-state index is 0.0509. The molecule has 2 N–H and O–H groups in total. The molecular weight excluding hydrogens is 544 g/mol. The number of amides is 2. The van der Waals surface area contributed by atoms with Crippen LogP contribution in [0.1, 0.15) is 35.5 Å². The van der Waals surface area contributed by atoms with E-state index in [0.717, 1.165) is 24.0 Å². The molecule has 2 heterocycles. The highest BCUT2D eigenvalue weighted by Crippen LogP contribution is 2.23. The Kier molecular flexibility index (Phi) is 9.52. The van der Waals surface area contributed by atoms with Crippen LogP contribution in [0.3, 0.4) is 0 Å². The number of sulfonamides is 1. The molecule has 10 nitrogen and oxygen atoms in total. The summed E-state index contributed by atoms with van der Waals surface area (Å²) in [7, 11) is -3.89. The van der Waals surface area contributed by atoms with Crippen LogP contribution in [0.15, 0.2) is 75.1 Å². The van der Waals surface area contributed by atoms with Crippen LogP contribution in [0, 0.1) is 6.92 Å². The van der Waals surface area contributed by atoms with Gasteiger partial charge in [0.05, 0.1) is 23.8 Å². The van der Waals surface area contributed by atoms with Crippen molar-refractivity contribution in [3.8, 4) is 0 Å². The van der Waals surface area contributed by atoms with E-state index in [1.165, 1.54) is 34.8 Å². The molecule has 2 aromatic carbocycles. The number of aryl methyl sites for hydroxylation is 1. The third-order valence-corrected chi connectivity index (χ3v) is 8.08. The van der Waals surface area contributed by atoms with Crippen LogP contribution in [-0.2, 0) is 37.4 Å². The summed E-state index contributed by atoms with van der Waals surface area (Å²) < 4.78 is 39.4. The predicted octanol–water partition coefficient (Wildman–Crippen LogP) is 3.38. The maximum absolute atomic E-state index is 13.5. The fourth-order valence-electron chi connectivity index (χ4n) is 3.90. The van der Waals surface area contributed by atoms with Crippen LogP contribution in [-0.4, -0.2) is 50.0 Å². The Morgan fingerprint density at radius 3 is 2.49 bits per heavy atom. The summed E-state index contributed by atoms with van der Waals surface area (Å²) in [6.45, 7) is 2.93. The minimum atomic E-state index is -3.89. The number of nitrogens with zero attached hydrogens (tertiary/aromatic N) is 2. The zero-order valence-electron chi connectivity index (χ0n) is 21.3. The smallest absolute Gasteiger partial charge is 0.329 e. The van der Waals surface area contributed by atoms with E-state index in [-0.39, 0.29) is 36.4 Å². The Bertz CT molecular complexity index is 1420. The van der Waals surface area contributed by atoms with Gasteiger partial charge < -0.3 is 14.5 Å². The lowest BCUT2D eigenvalue weighted by molar-refractivity contribution is -0.139. The quantitative estimate of drug-likeness (QED) is 0.218. The standard InChI is InChI=1S/C27H29ClN4O6S/c1-19-4-6-20(7-5-19)17-32(39(35,36)25-12-8-21(28)9-13-25)18-24-11-10-23(38-24)16-30-31-27(34)26(33)29-15-22-3-2-14-37-22/h4-13,16,22H,2-3,14-15,17-18H2,1H3,(H,29,33)(H,31,34)/b30-16+/t22-/m0/s1. The number of carbonyl (C=O) groups excluding carboxylic acids is 2. The molecule has 12 heteroatoms. The minimum Gasteiger partial charge on any atom is -0.459 e. The van der Waals surface area contributed by atoms with Crippen molar-refractivity contribution in [1.82, 2.24) is 15.0 Å². The van der Waals surface area contributed by atoms with Crippen LogP contribution in [0.2, 0.25) is 5.02 Å². The second kappa shape index (κ2) is 13.0. The van der Waals surface area contributed by atoms with Crippen molar-refractivity contribution < 1.29 is 27.2 Å². The second-order valence-corrected chi connectivity index (χ2v) is 11.4. The van der Waals surface area contributed by atoms with Gasteiger partial charge >= 0.3 is 11.8 Å². The molecule has 3 aromatic rings. The number of ether oxygens (including phenoxy) is 1. The van der Waals surface area contributed by atoms with E-state index in [0.29, 0.717) is 17.4 Å². The summed E-state index contributed by atoms with van der Waals surface area (Å²) in [4.78, 5) is 24.0. The second-order valence-electron chi connectivity index (χ2n) is 9.06. The van der Waals surface area contributed by atoms with Gasteiger partial charge in [0.2, 0.25) is 10.0 Å². The normalized spacial score (nSPS) is 15.6. The number of halogens is 1. The van der Waals surface area contributed by atoms with Crippen LogP contribution >= 0.6 is 11.6 Å². The first-order valence-electron chi connectivity index (χ1n) is 12.3. The summed E-state index contributed by atoms with van der Waals surface area (Å²) in [6.07, 6.45) is 2.91. The fraction of sp³-hybridized carbons (Fsp3) is 0.296. The van der Waals surface area contributed by atoms with Gasteiger partial charge in [0, 0.05) is 24.7 Å². The van der Waals surface area contributed by atoms with Gasteiger partial charge in [-0.2, -0.15) is 9.41 Å². The van der Waals surface area contributed by atoms with Gasteiger partial charge in [-0.1, -0.05) is 41.4 Å². The van der Waals surface area contributed by atoms with E-state index < -0.39 is 21.8 Å². The highest BCUT2D eigenvalue weighted by Gasteiger charge is 2.26. The van der Waals surface area contributed by atoms with Gasteiger partial charge in [0.1, 0.15) is 11.5 Å². The molecule has 0 spiro atoms. The number of nitrogens with one attached hydrogen (secondary N) is 2. The summed E-state index contributed by atoms with van der Waals surface area (Å²) >= 11 is 5.95. The molecule has 0 bridgehead atoms. The SMILES string of the molecule is Cc1ccc(CN(Cc2ccc(/C=N/NC(=O)C(=O)NC[C@@H]3CCCO3)o2)S(=O)(=O)c2ccc(Cl)cc2)cc1. The van der Waals surface area contributed by atoms with Crippen molar-refractivity contribution in [2.45, 2.75) is 43.9 Å². The van der Waals surface area contributed by atoms with Gasteiger partial charge in [-0.15, -0.1) is 0 Å². The summed E-state index contributed by atoms with van der Waals surface area (Å²) in [5.41, 5.74) is 4.02. The predicted molar refractivity (Wildman–Crippen MR) is 145 cm³/mol. The lowest BCUT2D eigenvalue weighted by atomic mass is 10.1. The highest BCUT2D eigenvalue weighted by molar-refractivity contribution is 7.89. The van der Waals surface area contributed by atoms with Crippen molar-refractivity contribution in [3.05, 3.63) is 88.3 Å². The molecule has 0 unspecified atom stereocenters.